The van der Waals surface area contributed by atoms with E-state index in [1.807, 2.05) is 0 Å². The molecule has 0 rings (SSSR count). The second-order valence-corrected chi connectivity index (χ2v) is 1.36. The fourth-order valence-electron chi connectivity index (χ4n) is 0. The molecule has 0 amide bonds. The largest absolute Gasteiger partial charge is 0.187 e. The van der Waals surface area contributed by atoms with E-state index in [1.165, 1.54) is 0 Å². The number of carboxylic acid groups (broad SMARTS) is 1. The van der Waals surface area contributed by atoms with Gasteiger partial charge in [-0.05, 0) is 0 Å². The maximum atomic E-state index is 9.04. The minimum atomic E-state index is -0.743. The van der Waals surface area contributed by atoms with Gasteiger partial charge in [-0.3, -0.25) is 0 Å². The van der Waals surface area contributed by atoms with Crippen LogP contribution in [0, 0.1) is 0 Å². The summed E-state index contributed by atoms with van der Waals surface area (Å²) in [6, 6.07) is 0. The van der Waals surface area contributed by atoms with E-state index in [4.69, 9.17) is 9.90 Å². The summed E-state index contributed by atoms with van der Waals surface area (Å²) in [4.78, 5) is 9.04. The van der Waals surface area contributed by atoms with Crippen LogP contribution in [0.5, 0.6) is 0 Å². The van der Waals surface area contributed by atoms with Crippen LogP contribution in [0.3, 0.4) is 0 Å². The molecule has 0 saturated carbocycles. The Hall–Kier alpha value is 0.886. The maximum Gasteiger partial charge on any atom is 0.187 e. The molecule has 5 heavy (non-hydrogen) atoms. The number of hydrogen-bond donors (Lipinski definition) is 1. The number of carbonyl (C=O) groups is 1. The first-order valence-corrected chi connectivity index (χ1v) is 1.91. The summed E-state index contributed by atoms with van der Waals surface area (Å²) in [6.07, 6.45) is 0. The molecule has 0 spiro atoms. The zero-order chi connectivity index (χ0) is 3.58. The molecule has 0 radical (unpaired) electrons. The molecule has 0 heterocycles. The van der Waals surface area contributed by atoms with E-state index in [1.54, 1.807) is 0 Å². The van der Waals surface area contributed by atoms with Gasteiger partial charge in [0, 0.05) is 0 Å². The Morgan fingerprint density at radius 2 is 1.80 bits per heavy atom. The van der Waals surface area contributed by atoms with Gasteiger partial charge in [-0.15, -0.1) is 0 Å². The van der Waals surface area contributed by atoms with Crippen LogP contribution >= 0.6 is 0 Å². The van der Waals surface area contributed by atoms with Gasteiger partial charge in [0.25, 0.3) is 0 Å². The summed E-state index contributed by atoms with van der Waals surface area (Å²) in [6.45, 7) is 0. The van der Waals surface area contributed by atoms with Crippen LogP contribution in [-0.2, 0) is 24.7 Å². The number of rotatable bonds is 0. The first kappa shape index (κ1) is 9.30. The summed E-state index contributed by atoms with van der Waals surface area (Å²) in [5, 5.41) is 7.46. The van der Waals surface area contributed by atoms with Crippen LogP contribution < -0.4 is 0 Å². The first-order valence-electron chi connectivity index (χ1n) is 0.678. The Morgan fingerprint density at radius 1 is 1.80 bits per heavy atom. The van der Waals surface area contributed by atoms with E-state index in [0.29, 0.717) is 24.7 Å². The molecule has 0 unspecified atom stereocenters. The van der Waals surface area contributed by atoms with E-state index < -0.39 is 3.68 Å². The topological polar surface area (TPSA) is 37.3 Å². The van der Waals surface area contributed by atoms with E-state index in [-0.39, 0.29) is 17.4 Å². The summed E-state index contributed by atoms with van der Waals surface area (Å²) in [7, 11) is 0. The molecule has 0 aliphatic carbocycles. The van der Waals surface area contributed by atoms with Gasteiger partial charge in [0.05, 0.1) is 0 Å². The number of hydrogen-bond acceptors (Lipinski definition) is 1. The molecule has 0 aromatic rings. The Morgan fingerprint density at radius 3 is 1.80 bits per heavy atom. The molecule has 2 nitrogen and oxygen atoms in total. The van der Waals surface area contributed by atoms with Crippen LogP contribution in [0.2, 0.25) is 0 Å². The van der Waals surface area contributed by atoms with Crippen LogP contribution in [0.4, 0.5) is 4.79 Å². The Labute approximate surface area is 55.5 Å². The van der Waals surface area contributed by atoms with Crippen molar-refractivity contribution in [2.24, 2.45) is 0 Å². The predicted octanol–water partition coefficient (Wildman–Crippen LogP) is -0.973. The monoisotopic (exact) mass is 165 g/mol. The minimum absolute atomic E-state index is 0. The molecule has 0 bridgehead atoms. The quantitative estimate of drug-likeness (QED) is 0.470. The fourth-order valence-corrected chi connectivity index (χ4v) is 0. The molecule has 0 aromatic carbocycles. The van der Waals surface area contributed by atoms with Gasteiger partial charge in [0.1, 0.15) is 0 Å². The van der Waals surface area contributed by atoms with Crippen molar-refractivity contribution in [3.63, 3.8) is 0 Å². The van der Waals surface area contributed by atoms with E-state index in [0.717, 1.165) is 0 Å². The second-order valence-electron chi connectivity index (χ2n) is 0.305. The second kappa shape index (κ2) is 4.89. The average Bonchev–Trinajstić information content (AvgIpc) is 0.811. The zero-order valence-electron chi connectivity index (χ0n) is 1.86. The Balaban J connectivity index is 0. The van der Waals surface area contributed by atoms with Crippen molar-refractivity contribution in [2.45, 2.75) is 0 Å². The molecule has 0 aromatic heterocycles. The molecule has 1 N–H and O–H groups in total. The van der Waals surface area contributed by atoms with Gasteiger partial charge >= 0.3 is 38.3 Å². The van der Waals surface area contributed by atoms with Gasteiger partial charge in [-0.2, -0.15) is 0 Å². The zero-order valence-corrected chi connectivity index (χ0v) is 4.31. The van der Waals surface area contributed by atoms with Crippen molar-refractivity contribution in [2.75, 3.05) is 0 Å². The van der Waals surface area contributed by atoms with Crippen LogP contribution in [-0.4, -0.2) is 26.1 Å². The molecule has 0 aliphatic rings. The summed E-state index contributed by atoms with van der Waals surface area (Å²) in [5.74, 6) is 0. The molecule has 0 atom stereocenters. The standard InChI is InChI=1S/CHO2.Al.Zr.3H/c2-1-3;;;;;/h(H,2,3);;;;;. The molecule has 0 aliphatic heterocycles. The van der Waals surface area contributed by atoms with Crippen molar-refractivity contribution in [1.82, 2.24) is 0 Å². The summed E-state index contributed by atoms with van der Waals surface area (Å²) >= 11 is 0.553. The van der Waals surface area contributed by atoms with Gasteiger partial charge in [0.2, 0.25) is 0 Å². The van der Waals surface area contributed by atoms with Crippen molar-refractivity contribution in [3.05, 3.63) is 0 Å². The normalized spacial score (nSPS) is 4.60. The van der Waals surface area contributed by atoms with Crippen LogP contribution in [0.15, 0.2) is 0 Å². The van der Waals surface area contributed by atoms with Gasteiger partial charge < -0.3 is 0 Å². The maximum absolute atomic E-state index is 9.04. The van der Waals surface area contributed by atoms with Crippen molar-refractivity contribution in [1.29, 1.82) is 0 Å². The molecule has 4 heteroatoms. The SMILES string of the molecule is O=[C](O)[Zr].[AlH3]. The van der Waals surface area contributed by atoms with E-state index in [9.17, 15) is 0 Å². The third-order valence-corrected chi connectivity index (χ3v) is 0. The van der Waals surface area contributed by atoms with Crippen molar-refractivity contribution < 1.29 is 34.6 Å². The average molecular weight is 166 g/mol. The third-order valence-electron chi connectivity index (χ3n) is 0. The Kier molecular flexibility index (Phi) is 9.09. The van der Waals surface area contributed by atoms with E-state index in [2.05, 4.69) is 0 Å². The van der Waals surface area contributed by atoms with Crippen molar-refractivity contribution in [3.8, 4) is 0 Å². The minimum Gasteiger partial charge on any atom is 0.187 e. The smallest absolute Gasteiger partial charge is 0.187 e. The third kappa shape index (κ3) is 51.9. The fraction of sp³-hybridized carbons (Fsp3) is 0. The molecule has 0 fully saturated rings. The van der Waals surface area contributed by atoms with Crippen LogP contribution in [0.1, 0.15) is 0 Å². The molecular weight excluding hydrogens is 162 g/mol. The van der Waals surface area contributed by atoms with E-state index >= 15 is 0 Å². The summed E-state index contributed by atoms with van der Waals surface area (Å²) in [5.41, 5.74) is 0. The molecule has 27 valence electrons. The predicted molar refractivity (Wildman–Crippen MR) is 18.0 cm³/mol. The van der Waals surface area contributed by atoms with Crippen LogP contribution in [0.25, 0.3) is 0 Å². The van der Waals surface area contributed by atoms with Gasteiger partial charge in [0.15, 0.2) is 17.4 Å². The van der Waals surface area contributed by atoms with Gasteiger partial charge in [-0.1, -0.05) is 0 Å². The summed E-state index contributed by atoms with van der Waals surface area (Å²) < 4.78 is -0.743. The molecular formula is CH4AlO2Zr. The Bertz CT molecular complexity index is 32.6. The van der Waals surface area contributed by atoms with Crippen molar-refractivity contribution >= 4 is 21.0 Å². The molecule has 0 saturated heterocycles. The first-order chi connectivity index (χ1) is 1.73. The van der Waals surface area contributed by atoms with Gasteiger partial charge in [-0.25, -0.2) is 0 Å².